The topological polar surface area (TPSA) is 50.7 Å². The van der Waals surface area contributed by atoms with Gasteiger partial charge in [0.1, 0.15) is 19.0 Å². The van der Waals surface area contributed by atoms with Gasteiger partial charge in [-0.1, -0.05) is 40.9 Å². The first-order valence-corrected chi connectivity index (χ1v) is 9.21. The molecule has 5 atom stereocenters. The summed E-state index contributed by atoms with van der Waals surface area (Å²) in [5.41, 5.74) is 0. The number of halogens is 2. The second kappa shape index (κ2) is 8.85. The molecule has 0 aromatic heterocycles. The van der Waals surface area contributed by atoms with Crippen LogP contribution in [0.1, 0.15) is 51.9 Å². The van der Waals surface area contributed by atoms with Crippen molar-refractivity contribution in [1.29, 1.82) is 0 Å². The van der Waals surface area contributed by atoms with Gasteiger partial charge in [0.05, 0.1) is 0 Å². The molecule has 0 spiro atoms. The summed E-state index contributed by atoms with van der Waals surface area (Å²) < 4.78 is 13.8. The van der Waals surface area contributed by atoms with Crippen molar-refractivity contribution < 1.29 is 14.0 Å². The van der Waals surface area contributed by atoms with Crippen molar-refractivity contribution in [2.24, 2.45) is 17.0 Å². The van der Waals surface area contributed by atoms with E-state index in [-0.39, 0.29) is 29.3 Å². The van der Waals surface area contributed by atoms with E-state index in [1.807, 2.05) is 0 Å². The van der Waals surface area contributed by atoms with Crippen molar-refractivity contribution >= 4 is 28.1 Å². The first-order chi connectivity index (χ1) is 10.6. The molecular weight excluding hydrogens is 351 g/mol. The number of carbonyl (C=O) groups excluding carboxylic acids is 1. The molecule has 6 heteroatoms. The molecule has 1 amide bonds. The molecule has 2 aliphatic rings. The van der Waals surface area contributed by atoms with Gasteiger partial charge < -0.3 is 10.2 Å². The molecule has 2 rings (SSSR count). The molecule has 126 valence electrons. The van der Waals surface area contributed by atoms with Gasteiger partial charge in [0.2, 0.25) is 0 Å². The Hall–Kier alpha value is -0.650. The number of hydrogen-bond donors (Lipinski definition) is 1. The fourth-order valence-electron chi connectivity index (χ4n) is 3.29. The number of hydrogen-bond acceptors (Lipinski definition) is 3. The first-order valence-electron chi connectivity index (χ1n) is 8.30. The van der Waals surface area contributed by atoms with E-state index in [0.717, 1.165) is 32.1 Å². The summed E-state index contributed by atoms with van der Waals surface area (Å²) in [6, 6.07) is 0.233. The van der Waals surface area contributed by atoms with E-state index >= 15 is 0 Å². The normalized spacial score (nSPS) is 36.2. The largest absolute Gasteiger partial charge is 0.395 e. The maximum atomic E-state index is 13.8. The zero-order valence-corrected chi connectivity index (χ0v) is 14.7. The highest BCUT2D eigenvalue weighted by atomic mass is 79.9. The van der Waals surface area contributed by atoms with E-state index < -0.39 is 6.17 Å². The smallest absolute Gasteiger partial charge is 0.266 e. The second-order valence-electron chi connectivity index (χ2n) is 6.59. The molecular formula is C16H26BrFN2O2. The molecule has 0 saturated heterocycles. The molecule has 22 heavy (non-hydrogen) atoms. The Morgan fingerprint density at radius 2 is 2.14 bits per heavy atom. The Bertz CT molecular complexity index is 394. The number of alkyl halides is 2. The van der Waals surface area contributed by atoms with E-state index in [1.165, 1.54) is 12.6 Å². The van der Waals surface area contributed by atoms with E-state index in [0.29, 0.717) is 12.3 Å². The quantitative estimate of drug-likeness (QED) is 0.452. The second-order valence-corrected chi connectivity index (χ2v) is 7.89. The standard InChI is InChI=1S/C16H26BrFN2O2/c1-11-4-2-3-5-15(11)20-16(21)9-19-22-10-12-6-7-13(17)8-14(12)18/h9,11-15H,2-8,10H2,1H3,(H,20,21)/b19-9+. The van der Waals surface area contributed by atoms with Crippen LogP contribution in [0, 0.1) is 11.8 Å². The van der Waals surface area contributed by atoms with Crippen LogP contribution in [0.4, 0.5) is 4.39 Å². The fraction of sp³-hybridized carbons (Fsp3) is 0.875. The summed E-state index contributed by atoms with van der Waals surface area (Å²) in [6.07, 6.45) is 7.18. The molecule has 0 aromatic rings. The third-order valence-corrected chi connectivity index (χ3v) is 5.65. The molecule has 0 aromatic carbocycles. The SMILES string of the molecule is CC1CCCCC1NC(=O)/C=N/OCC1CCC(Br)CC1F. The van der Waals surface area contributed by atoms with E-state index in [1.54, 1.807) is 0 Å². The van der Waals surface area contributed by atoms with Crippen molar-refractivity contribution in [2.75, 3.05) is 6.61 Å². The van der Waals surface area contributed by atoms with Gasteiger partial charge in [0.25, 0.3) is 5.91 Å². The van der Waals surface area contributed by atoms with Crippen LogP contribution in [0.15, 0.2) is 5.16 Å². The zero-order valence-electron chi connectivity index (χ0n) is 13.1. The molecule has 0 heterocycles. The predicted octanol–water partition coefficient (Wildman–Crippen LogP) is 3.59. The van der Waals surface area contributed by atoms with Crippen LogP contribution >= 0.6 is 15.9 Å². The third kappa shape index (κ3) is 5.52. The lowest BCUT2D eigenvalue weighted by Crippen LogP contribution is -2.41. The summed E-state index contributed by atoms with van der Waals surface area (Å²) in [7, 11) is 0. The molecule has 2 fully saturated rings. The van der Waals surface area contributed by atoms with Gasteiger partial charge in [-0.2, -0.15) is 0 Å². The summed E-state index contributed by atoms with van der Waals surface area (Å²) >= 11 is 3.45. The molecule has 0 bridgehead atoms. The minimum Gasteiger partial charge on any atom is -0.395 e. The van der Waals surface area contributed by atoms with Crippen molar-refractivity contribution in [3.8, 4) is 0 Å². The van der Waals surface area contributed by atoms with Crippen LogP contribution in [0.2, 0.25) is 0 Å². The Balaban J connectivity index is 1.65. The highest BCUT2D eigenvalue weighted by Gasteiger charge is 2.29. The highest BCUT2D eigenvalue weighted by Crippen LogP contribution is 2.31. The molecule has 5 unspecified atom stereocenters. The number of nitrogens with one attached hydrogen (secondary N) is 1. The highest BCUT2D eigenvalue weighted by molar-refractivity contribution is 9.09. The summed E-state index contributed by atoms with van der Waals surface area (Å²) in [6.45, 7) is 2.41. The van der Waals surface area contributed by atoms with Gasteiger partial charge in [0, 0.05) is 16.8 Å². The van der Waals surface area contributed by atoms with E-state index in [9.17, 15) is 9.18 Å². The lowest BCUT2D eigenvalue weighted by molar-refractivity contribution is -0.115. The van der Waals surface area contributed by atoms with Crippen molar-refractivity contribution in [1.82, 2.24) is 5.32 Å². The Morgan fingerprint density at radius 1 is 1.36 bits per heavy atom. The lowest BCUT2D eigenvalue weighted by Gasteiger charge is -2.29. The average Bonchev–Trinajstić information content (AvgIpc) is 2.48. The van der Waals surface area contributed by atoms with Crippen LogP contribution in [0.5, 0.6) is 0 Å². The molecule has 4 nitrogen and oxygen atoms in total. The van der Waals surface area contributed by atoms with Crippen LogP contribution in [0.25, 0.3) is 0 Å². The van der Waals surface area contributed by atoms with Crippen LogP contribution < -0.4 is 5.32 Å². The number of rotatable bonds is 5. The van der Waals surface area contributed by atoms with E-state index in [2.05, 4.69) is 33.3 Å². The van der Waals surface area contributed by atoms with Gasteiger partial charge in [-0.25, -0.2) is 4.39 Å². The van der Waals surface area contributed by atoms with Gasteiger partial charge in [-0.3, -0.25) is 4.79 Å². The monoisotopic (exact) mass is 376 g/mol. The molecule has 2 saturated carbocycles. The van der Waals surface area contributed by atoms with Crippen molar-refractivity contribution in [3.63, 3.8) is 0 Å². The molecule has 2 aliphatic carbocycles. The number of amides is 1. The molecule has 0 aliphatic heterocycles. The van der Waals surface area contributed by atoms with Crippen LogP contribution in [-0.4, -0.2) is 35.8 Å². The fourth-order valence-corrected chi connectivity index (χ4v) is 3.91. The number of oxime groups is 1. The van der Waals surface area contributed by atoms with Crippen molar-refractivity contribution in [3.05, 3.63) is 0 Å². The Morgan fingerprint density at radius 3 is 2.86 bits per heavy atom. The minimum absolute atomic E-state index is 0.118. The maximum absolute atomic E-state index is 13.8. The minimum atomic E-state index is -0.856. The number of carbonyl (C=O) groups is 1. The van der Waals surface area contributed by atoms with Gasteiger partial charge >= 0.3 is 0 Å². The summed E-state index contributed by atoms with van der Waals surface area (Å²) in [4.78, 5) is 17.2. The van der Waals surface area contributed by atoms with E-state index in [4.69, 9.17) is 4.84 Å². The Labute approximate surface area is 140 Å². The lowest BCUT2D eigenvalue weighted by atomic mass is 9.86. The van der Waals surface area contributed by atoms with Crippen LogP contribution in [-0.2, 0) is 9.63 Å². The van der Waals surface area contributed by atoms with Gasteiger partial charge in [-0.05, 0) is 38.0 Å². The summed E-state index contributed by atoms with van der Waals surface area (Å²) in [5, 5.41) is 6.67. The molecule has 0 radical (unpaired) electrons. The first kappa shape index (κ1) is 17.7. The van der Waals surface area contributed by atoms with Gasteiger partial charge in [-0.15, -0.1) is 0 Å². The summed E-state index contributed by atoms with van der Waals surface area (Å²) in [5.74, 6) is 0.172. The predicted molar refractivity (Wildman–Crippen MR) is 89.0 cm³/mol. The third-order valence-electron chi connectivity index (χ3n) is 4.82. The van der Waals surface area contributed by atoms with Gasteiger partial charge in [0.15, 0.2) is 0 Å². The number of nitrogens with zero attached hydrogens (tertiary/aromatic N) is 1. The van der Waals surface area contributed by atoms with Crippen LogP contribution in [0.3, 0.4) is 0 Å². The zero-order chi connectivity index (χ0) is 15.9. The Kier molecular flexibility index (Phi) is 7.12. The molecule has 1 N–H and O–H groups in total. The maximum Gasteiger partial charge on any atom is 0.266 e. The van der Waals surface area contributed by atoms with Crippen molar-refractivity contribution in [2.45, 2.75) is 68.9 Å². The average molecular weight is 377 g/mol.